The molecule has 0 spiro atoms. The molecule has 0 saturated heterocycles. The third-order valence-electron chi connectivity index (χ3n) is 6.85. The Kier molecular flexibility index (Phi) is 6.35. The number of hydrogen-bond acceptors (Lipinski definition) is 5. The highest BCUT2D eigenvalue weighted by atomic mass is 16.1. The van der Waals surface area contributed by atoms with E-state index in [4.69, 9.17) is 5.26 Å². The zero-order chi connectivity index (χ0) is 24.4. The van der Waals surface area contributed by atoms with Gasteiger partial charge >= 0.3 is 0 Å². The SMILES string of the molecule is C/C(=C\c1c(-n2ccc3c(c2=O)CCN3)ccnc1C)CN1CC=C(c2ccc(C#N)cc2)CC1. The molecule has 0 atom stereocenters. The van der Waals surface area contributed by atoms with Gasteiger partial charge in [-0.25, -0.2) is 0 Å². The van der Waals surface area contributed by atoms with Gasteiger partial charge in [0.15, 0.2) is 0 Å². The van der Waals surface area contributed by atoms with Crippen molar-refractivity contribution < 1.29 is 0 Å². The number of anilines is 1. The van der Waals surface area contributed by atoms with Gasteiger partial charge in [0.25, 0.3) is 5.56 Å². The summed E-state index contributed by atoms with van der Waals surface area (Å²) in [5, 5.41) is 12.3. The Morgan fingerprint density at radius 1 is 1.20 bits per heavy atom. The van der Waals surface area contributed by atoms with E-state index in [1.54, 1.807) is 10.8 Å². The van der Waals surface area contributed by atoms with E-state index in [0.29, 0.717) is 5.56 Å². The van der Waals surface area contributed by atoms with Crippen LogP contribution in [0.5, 0.6) is 0 Å². The molecule has 0 fully saturated rings. The van der Waals surface area contributed by atoms with Crippen LogP contribution in [-0.2, 0) is 6.42 Å². The van der Waals surface area contributed by atoms with Gasteiger partial charge in [0.1, 0.15) is 0 Å². The third kappa shape index (κ3) is 4.68. The van der Waals surface area contributed by atoms with Gasteiger partial charge in [-0.1, -0.05) is 29.9 Å². The lowest BCUT2D eigenvalue weighted by Crippen LogP contribution is -2.30. The normalized spacial score (nSPS) is 15.8. The molecule has 0 bridgehead atoms. The summed E-state index contributed by atoms with van der Waals surface area (Å²) in [6.45, 7) is 7.67. The van der Waals surface area contributed by atoms with Crippen LogP contribution in [0.3, 0.4) is 0 Å². The van der Waals surface area contributed by atoms with E-state index >= 15 is 0 Å². The fourth-order valence-corrected chi connectivity index (χ4v) is 4.97. The average molecular weight is 464 g/mol. The summed E-state index contributed by atoms with van der Waals surface area (Å²) in [4.78, 5) is 20.1. The molecule has 3 aromatic rings. The molecule has 1 aromatic carbocycles. The van der Waals surface area contributed by atoms with E-state index in [0.717, 1.165) is 67.2 Å². The lowest BCUT2D eigenvalue weighted by atomic mass is 9.98. The van der Waals surface area contributed by atoms with E-state index in [1.165, 1.54) is 16.7 Å². The van der Waals surface area contributed by atoms with Crippen molar-refractivity contribution in [2.24, 2.45) is 0 Å². The van der Waals surface area contributed by atoms with Gasteiger partial charge in [-0.05, 0) is 62.1 Å². The number of nitrogens with zero attached hydrogens (tertiary/aromatic N) is 4. The monoisotopic (exact) mass is 463 g/mol. The standard InChI is InChI=1S/C29H29N5O/c1-20(19-33-14-9-24(10-15-33)23-5-3-22(18-30)4-6-23)17-26-21(2)31-13-8-28(26)34-16-11-27-25(29(34)35)7-12-32-27/h3-6,8-9,11,13,16-17,32H,7,10,12,14-15,19H2,1-2H3/b20-17+. The second kappa shape index (κ2) is 9.73. The van der Waals surface area contributed by atoms with Crippen LogP contribution < -0.4 is 10.9 Å². The summed E-state index contributed by atoms with van der Waals surface area (Å²) in [7, 11) is 0. The van der Waals surface area contributed by atoms with Crippen LogP contribution in [0.2, 0.25) is 0 Å². The quantitative estimate of drug-likeness (QED) is 0.600. The highest BCUT2D eigenvalue weighted by Gasteiger charge is 2.18. The van der Waals surface area contributed by atoms with Crippen LogP contribution in [0.4, 0.5) is 5.69 Å². The van der Waals surface area contributed by atoms with Crippen molar-refractivity contribution >= 4 is 17.3 Å². The predicted octanol–water partition coefficient (Wildman–Crippen LogP) is 4.57. The van der Waals surface area contributed by atoms with E-state index in [9.17, 15) is 4.79 Å². The zero-order valence-electron chi connectivity index (χ0n) is 20.2. The number of nitrogens with one attached hydrogen (secondary N) is 1. The van der Waals surface area contributed by atoms with Crippen LogP contribution in [0, 0.1) is 18.3 Å². The predicted molar refractivity (Wildman–Crippen MR) is 141 cm³/mol. The summed E-state index contributed by atoms with van der Waals surface area (Å²) < 4.78 is 1.76. The molecule has 2 aromatic heterocycles. The summed E-state index contributed by atoms with van der Waals surface area (Å²) in [5.41, 5.74) is 9.07. The molecule has 0 amide bonds. The minimum absolute atomic E-state index is 0.0434. The third-order valence-corrected chi connectivity index (χ3v) is 6.85. The number of benzene rings is 1. The first kappa shape index (κ1) is 22.8. The number of nitriles is 1. The molecule has 2 aliphatic rings. The van der Waals surface area contributed by atoms with Gasteiger partial charge < -0.3 is 5.32 Å². The average Bonchev–Trinajstić information content (AvgIpc) is 3.36. The minimum Gasteiger partial charge on any atom is -0.384 e. The summed E-state index contributed by atoms with van der Waals surface area (Å²) in [5.74, 6) is 0. The second-order valence-corrected chi connectivity index (χ2v) is 9.28. The van der Waals surface area contributed by atoms with Gasteiger partial charge in [-0.2, -0.15) is 5.26 Å². The molecule has 6 heteroatoms. The Hall–Kier alpha value is -3.95. The molecular formula is C29H29N5O. The molecule has 1 N–H and O–H groups in total. The highest BCUT2D eigenvalue weighted by molar-refractivity contribution is 5.68. The Labute approximate surface area is 205 Å². The van der Waals surface area contributed by atoms with Crippen LogP contribution in [-0.4, -0.2) is 40.6 Å². The lowest BCUT2D eigenvalue weighted by Gasteiger charge is -2.27. The maximum Gasteiger partial charge on any atom is 0.260 e. The van der Waals surface area contributed by atoms with Gasteiger partial charge in [0.05, 0.1) is 17.3 Å². The van der Waals surface area contributed by atoms with E-state index in [-0.39, 0.29) is 5.56 Å². The van der Waals surface area contributed by atoms with E-state index < -0.39 is 0 Å². The zero-order valence-corrected chi connectivity index (χ0v) is 20.2. The first-order valence-corrected chi connectivity index (χ1v) is 12.1. The van der Waals surface area contributed by atoms with Crippen molar-refractivity contribution in [1.29, 1.82) is 5.26 Å². The number of pyridine rings is 2. The maximum atomic E-state index is 13.2. The topological polar surface area (TPSA) is 74.0 Å². The van der Waals surface area contributed by atoms with Gasteiger partial charge in [0.2, 0.25) is 0 Å². The Morgan fingerprint density at radius 2 is 2.03 bits per heavy atom. The molecule has 2 aliphatic heterocycles. The molecule has 5 rings (SSSR count). The first-order valence-electron chi connectivity index (χ1n) is 12.1. The maximum absolute atomic E-state index is 13.2. The fourth-order valence-electron chi connectivity index (χ4n) is 4.97. The van der Waals surface area contributed by atoms with Crippen molar-refractivity contribution in [3.05, 3.63) is 98.7 Å². The number of hydrogen-bond donors (Lipinski definition) is 1. The van der Waals surface area contributed by atoms with Crippen LogP contribution in [0.1, 0.15) is 41.3 Å². The molecular weight excluding hydrogens is 434 g/mol. The number of fused-ring (bicyclic) bond motifs is 1. The smallest absolute Gasteiger partial charge is 0.260 e. The number of rotatable bonds is 5. The highest BCUT2D eigenvalue weighted by Crippen LogP contribution is 2.25. The van der Waals surface area contributed by atoms with E-state index in [2.05, 4.69) is 40.3 Å². The molecule has 176 valence electrons. The molecule has 4 heterocycles. The summed E-state index contributed by atoms with van der Waals surface area (Å²) in [6, 6.07) is 13.9. The van der Waals surface area contributed by atoms with Crippen molar-refractivity contribution in [3.63, 3.8) is 0 Å². The Balaban J connectivity index is 1.35. The Bertz CT molecular complexity index is 1420. The van der Waals surface area contributed by atoms with Crippen molar-refractivity contribution in [2.75, 3.05) is 31.5 Å². The molecule has 0 unspecified atom stereocenters. The largest absolute Gasteiger partial charge is 0.384 e. The molecule has 6 nitrogen and oxygen atoms in total. The Morgan fingerprint density at radius 3 is 2.77 bits per heavy atom. The van der Waals surface area contributed by atoms with Crippen LogP contribution in [0.25, 0.3) is 17.3 Å². The second-order valence-electron chi connectivity index (χ2n) is 9.28. The first-order chi connectivity index (χ1) is 17.0. The van der Waals surface area contributed by atoms with Gasteiger partial charge in [-0.15, -0.1) is 0 Å². The van der Waals surface area contributed by atoms with Crippen molar-refractivity contribution in [2.45, 2.75) is 26.7 Å². The van der Waals surface area contributed by atoms with Gasteiger partial charge in [0, 0.05) is 61.1 Å². The summed E-state index contributed by atoms with van der Waals surface area (Å²) >= 11 is 0. The van der Waals surface area contributed by atoms with Gasteiger partial charge in [-0.3, -0.25) is 19.2 Å². The number of aromatic nitrogens is 2. The van der Waals surface area contributed by atoms with Crippen LogP contribution in [0.15, 0.2) is 65.2 Å². The van der Waals surface area contributed by atoms with Crippen molar-refractivity contribution in [3.8, 4) is 11.8 Å². The molecule has 0 saturated carbocycles. The lowest BCUT2D eigenvalue weighted by molar-refractivity contribution is 0.328. The van der Waals surface area contributed by atoms with Crippen molar-refractivity contribution in [1.82, 2.24) is 14.5 Å². The molecule has 0 aliphatic carbocycles. The number of aryl methyl sites for hydroxylation is 1. The van der Waals surface area contributed by atoms with E-state index in [1.807, 2.05) is 49.5 Å². The fraction of sp³-hybridized carbons (Fsp3) is 0.276. The molecule has 0 radical (unpaired) electrons. The molecule has 35 heavy (non-hydrogen) atoms. The minimum atomic E-state index is 0.0434. The summed E-state index contributed by atoms with van der Waals surface area (Å²) in [6.07, 6.45) is 9.84. The van der Waals surface area contributed by atoms with Crippen LogP contribution >= 0.6 is 0 Å².